The molecule has 2 amide bonds. The Kier molecular flexibility index (Phi) is 8.57. The van der Waals surface area contributed by atoms with Crippen LogP contribution in [0.1, 0.15) is 35.6 Å². The van der Waals surface area contributed by atoms with Crippen LogP contribution in [-0.4, -0.2) is 43.5 Å². The number of hydrogen-bond donors (Lipinski definition) is 1. The van der Waals surface area contributed by atoms with E-state index < -0.39 is 23.7 Å². The van der Waals surface area contributed by atoms with Crippen LogP contribution in [0.3, 0.4) is 0 Å². The van der Waals surface area contributed by atoms with Crippen LogP contribution in [0.4, 0.5) is 13.2 Å². The van der Waals surface area contributed by atoms with Crippen molar-refractivity contribution < 1.29 is 32.2 Å². The molecular formula is C26H27F3N2O4. The van der Waals surface area contributed by atoms with Crippen molar-refractivity contribution in [3.63, 3.8) is 0 Å². The molecule has 1 N–H and O–H groups in total. The first kappa shape index (κ1) is 25.9. The lowest BCUT2D eigenvalue weighted by Gasteiger charge is -2.25. The average molecular weight is 489 g/mol. The molecule has 6 nitrogen and oxygen atoms in total. The Hall–Kier alpha value is -3.75. The molecule has 1 aliphatic rings. The fourth-order valence-corrected chi connectivity index (χ4v) is 3.73. The van der Waals surface area contributed by atoms with Gasteiger partial charge in [-0.3, -0.25) is 9.59 Å². The van der Waals surface area contributed by atoms with Gasteiger partial charge in [-0.1, -0.05) is 30.9 Å². The number of carbonyl (C=O) groups is 2. The summed E-state index contributed by atoms with van der Waals surface area (Å²) in [6.45, 7) is 4.49. The minimum Gasteiger partial charge on any atom is -0.493 e. The zero-order chi connectivity index (χ0) is 25.4. The minimum absolute atomic E-state index is 0.0855. The van der Waals surface area contributed by atoms with E-state index in [1.165, 1.54) is 25.3 Å². The first-order valence-electron chi connectivity index (χ1n) is 11.1. The molecule has 186 valence electrons. The molecule has 1 aliphatic heterocycles. The van der Waals surface area contributed by atoms with E-state index in [2.05, 4.69) is 11.9 Å². The molecule has 1 saturated heterocycles. The third kappa shape index (κ3) is 7.11. The van der Waals surface area contributed by atoms with E-state index in [1.807, 2.05) is 0 Å². The van der Waals surface area contributed by atoms with Gasteiger partial charge in [0.25, 0.3) is 0 Å². The molecule has 3 rings (SSSR count). The van der Waals surface area contributed by atoms with Gasteiger partial charge in [-0.25, -0.2) is 0 Å². The highest BCUT2D eigenvalue weighted by Crippen LogP contribution is 2.31. The van der Waals surface area contributed by atoms with Crippen molar-refractivity contribution >= 4 is 17.9 Å². The van der Waals surface area contributed by atoms with Crippen LogP contribution in [0.2, 0.25) is 0 Å². The number of halogens is 3. The number of alkyl halides is 3. The number of ether oxygens (including phenoxy) is 2. The Morgan fingerprint density at radius 1 is 1.23 bits per heavy atom. The lowest BCUT2D eigenvalue weighted by molar-refractivity contribution is -0.137. The van der Waals surface area contributed by atoms with Gasteiger partial charge in [0, 0.05) is 25.6 Å². The first-order valence-corrected chi connectivity index (χ1v) is 11.1. The SMILES string of the molecule is C=CCOc1ccc(C=CC(=O)NC(CN2CCCC2=O)c2cccc(C(F)(F)F)c2)cc1OC. The summed E-state index contributed by atoms with van der Waals surface area (Å²) < 4.78 is 50.5. The second-order valence-electron chi connectivity index (χ2n) is 7.97. The van der Waals surface area contributed by atoms with E-state index >= 15 is 0 Å². The monoisotopic (exact) mass is 488 g/mol. The average Bonchev–Trinajstić information content (AvgIpc) is 3.24. The molecule has 1 heterocycles. The van der Waals surface area contributed by atoms with Gasteiger partial charge in [-0.05, 0) is 47.9 Å². The maximum atomic E-state index is 13.2. The van der Waals surface area contributed by atoms with E-state index in [0.29, 0.717) is 43.1 Å². The molecule has 1 fully saturated rings. The molecular weight excluding hydrogens is 461 g/mol. The molecule has 2 aromatic rings. The highest BCUT2D eigenvalue weighted by molar-refractivity contribution is 5.92. The maximum absolute atomic E-state index is 13.2. The summed E-state index contributed by atoms with van der Waals surface area (Å²) in [4.78, 5) is 26.4. The molecule has 1 atom stereocenters. The molecule has 0 bridgehead atoms. The second-order valence-corrected chi connectivity index (χ2v) is 7.97. The van der Waals surface area contributed by atoms with Crippen LogP contribution >= 0.6 is 0 Å². The third-order valence-electron chi connectivity index (χ3n) is 5.48. The number of benzene rings is 2. The zero-order valence-electron chi connectivity index (χ0n) is 19.3. The van der Waals surface area contributed by atoms with Crippen LogP contribution < -0.4 is 14.8 Å². The van der Waals surface area contributed by atoms with Crippen molar-refractivity contribution in [2.45, 2.75) is 25.1 Å². The van der Waals surface area contributed by atoms with Crippen LogP contribution in [0.15, 0.2) is 61.2 Å². The number of amides is 2. The highest BCUT2D eigenvalue weighted by atomic mass is 19.4. The summed E-state index contributed by atoms with van der Waals surface area (Å²) in [7, 11) is 1.50. The quantitative estimate of drug-likeness (QED) is 0.386. The number of methoxy groups -OCH3 is 1. The van der Waals surface area contributed by atoms with Gasteiger partial charge < -0.3 is 19.7 Å². The summed E-state index contributed by atoms with van der Waals surface area (Å²) in [5.74, 6) is 0.403. The maximum Gasteiger partial charge on any atom is 0.416 e. The van der Waals surface area contributed by atoms with Gasteiger partial charge in [0.15, 0.2) is 11.5 Å². The van der Waals surface area contributed by atoms with E-state index in [4.69, 9.17) is 9.47 Å². The molecule has 9 heteroatoms. The molecule has 0 spiro atoms. The van der Waals surface area contributed by atoms with Crippen molar-refractivity contribution in [3.8, 4) is 11.5 Å². The summed E-state index contributed by atoms with van der Waals surface area (Å²) in [5, 5.41) is 2.74. The standard InChI is InChI=1S/C26H27F3N2O4/c1-3-14-35-22-11-9-18(15-23(22)34-2)10-12-24(32)30-21(17-31-13-5-8-25(31)33)19-6-4-7-20(16-19)26(27,28)29/h3-4,6-7,9-12,15-16,21H,1,5,8,13-14,17H2,2H3,(H,30,32). The highest BCUT2D eigenvalue weighted by Gasteiger charge is 2.32. The minimum atomic E-state index is -4.52. The van der Waals surface area contributed by atoms with Gasteiger partial charge in [0.2, 0.25) is 11.8 Å². The fraction of sp³-hybridized carbons (Fsp3) is 0.308. The van der Waals surface area contributed by atoms with Gasteiger partial charge >= 0.3 is 6.18 Å². The summed E-state index contributed by atoms with van der Waals surface area (Å²) >= 11 is 0. The van der Waals surface area contributed by atoms with Gasteiger partial charge in [-0.2, -0.15) is 13.2 Å². The molecule has 0 aromatic heterocycles. The molecule has 35 heavy (non-hydrogen) atoms. The van der Waals surface area contributed by atoms with Crippen LogP contribution in [0.5, 0.6) is 11.5 Å². The predicted molar refractivity (Wildman–Crippen MR) is 126 cm³/mol. The topological polar surface area (TPSA) is 67.9 Å². The van der Waals surface area contributed by atoms with Gasteiger partial charge in [0.1, 0.15) is 6.61 Å². The summed E-state index contributed by atoms with van der Waals surface area (Å²) in [5.41, 5.74) is 0.114. The number of carbonyl (C=O) groups excluding carboxylic acids is 2. The normalized spacial score (nSPS) is 14.7. The predicted octanol–water partition coefficient (Wildman–Crippen LogP) is 4.77. The smallest absolute Gasteiger partial charge is 0.416 e. The number of nitrogens with one attached hydrogen (secondary N) is 1. The van der Waals surface area contributed by atoms with Crippen LogP contribution in [0, 0.1) is 0 Å². The summed E-state index contributed by atoms with van der Waals surface area (Å²) in [6.07, 6.45) is 0.987. The Bertz CT molecular complexity index is 1100. The molecule has 0 aliphatic carbocycles. The van der Waals surface area contributed by atoms with Crippen molar-refractivity contribution in [2.75, 3.05) is 26.8 Å². The van der Waals surface area contributed by atoms with E-state index in [1.54, 1.807) is 35.3 Å². The van der Waals surface area contributed by atoms with E-state index in [-0.39, 0.29) is 18.0 Å². The number of nitrogens with zero attached hydrogens (tertiary/aromatic N) is 1. The van der Waals surface area contributed by atoms with Gasteiger partial charge in [0.05, 0.1) is 18.7 Å². The Balaban J connectivity index is 1.78. The molecule has 0 radical (unpaired) electrons. The Labute approximate surface area is 202 Å². The fourth-order valence-electron chi connectivity index (χ4n) is 3.73. The molecule has 1 unspecified atom stereocenters. The number of hydrogen-bond acceptors (Lipinski definition) is 4. The third-order valence-corrected chi connectivity index (χ3v) is 5.48. The van der Waals surface area contributed by atoms with Crippen molar-refractivity contribution in [2.24, 2.45) is 0 Å². The van der Waals surface area contributed by atoms with Crippen molar-refractivity contribution in [1.82, 2.24) is 10.2 Å². The van der Waals surface area contributed by atoms with Crippen molar-refractivity contribution in [1.29, 1.82) is 0 Å². The lowest BCUT2D eigenvalue weighted by Crippen LogP contribution is -2.38. The first-order chi connectivity index (χ1) is 16.7. The Morgan fingerprint density at radius 3 is 2.69 bits per heavy atom. The molecule has 0 saturated carbocycles. The largest absolute Gasteiger partial charge is 0.493 e. The zero-order valence-corrected chi connectivity index (χ0v) is 19.3. The van der Waals surface area contributed by atoms with Gasteiger partial charge in [-0.15, -0.1) is 0 Å². The van der Waals surface area contributed by atoms with E-state index in [0.717, 1.165) is 12.1 Å². The van der Waals surface area contributed by atoms with E-state index in [9.17, 15) is 22.8 Å². The van der Waals surface area contributed by atoms with Crippen LogP contribution in [-0.2, 0) is 15.8 Å². The Morgan fingerprint density at radius 2 is 2.03 bits per heavy atom. The second kappa shape index (κ2) is 11.6. The van der Waals surface area contributed by atoms with Crippen molar-refractivity contribution in [3.05, 3.63) is 77.9 Å². The summed E-state index contributed by atoms with van der Waals surface area (Å²) in [6, 6.07) is 9.10. The number of likely N-dealkylation sites (tertiary alicyclic amines) is 1. The molecule has 2 aromatic carbocycles. The lowest BCUT2D eigenvalue weighted by atomic mass is 10.0. The van der Waals surface area contributed by atoms with Crippen LogP contribution in [0.25, 0.3) is 6.08 Å². The number of rotatable bonds is 10.